The van der Waals surface area contributed by atoms with Crippen molar-refractivity contribution < 1.29 is 9.59 Å². The second-order valence-corrected chi connectivity index (χ2v) is 8.55. The van der Waals surface area contributed by atoms with Gasteiger partial charge in [0, 0.05) is 16.7 Å². The van der Waals surface area contributed by atoms with Gasteiger partial charge in [0.25, 0.3) is 5.24 Å². The van der Waals surface area contributed by atoms with Crippen LogP contribution in [0.25, 0.3) is 0 Å². The van der Waals surface area contributed by atoms with Gasteiger partial charge in [-0.2, -0.15) is 0 Å². The van der Waals surface area contributed by atoms with Crippen LogP contribution in [0.2, 0.25) is 0 Å². The molecule has 2 aromatic rings. The zero-order valence-electron chi connectivity index (χ0n) is 15.2. The monoisotopic (exact) mass is 354 g/mol. The topological polar surface area (TPSA) is 34.1 Å². The number of hydrogen-bond acceptors (Lipinski definition) is 2. The van der Waals surface area contributed by atoms with Crippen molar-refractivity contribution in [1.29, 1.82) is 0 Å². The molecule has 0 saturated carbocycles. The summed E-state index contributed by atoms with van der Waals surface area (Å²) in [5.41, 5.74) is 4.45. The fourth-order valence-corrected chi connectivity index (χ4v) is 3.78. The van der Waals surface area contributed by atoms with E-state index in [2.05, 4.69) is 39.8 Å². The minimum Gasteiger partial charge on any atom is -0.289 e. The summed E-state index contributed by atoms with van der Waals surface area (Å²) in [6.07, 6.45) is 2.26. The number of hydrogen-bond donors (Lipinski definition) is 0. The van der Waals surface area contributed by atoms with Crippen molar-refractivity contribution in [3.63, 3.8) is 0 Å². The lowest BCUT2D eigenvalue weighted by molar-refractivity contribution is 0.103. The van der Waals surface area contributed by atoms with E-state index in [1.165, 1.54) is 11.1 Å². The van der Waals surface area contributed by atoms with Gasteiger partial charge in [0.05, 0.1) is 0 Å². The number of carbonyl (C=O) groups is 2. The quantitative estimate of drug-likeness (QED) is 0.527. The Morgan fingerprint density at radius 2 is 1.24 bits per heavy atom. The molecule has 0 amide bonds. The van der Waals surface area contributed by atoms with Crippen molar-refractivity contribution in [2.75, 3.05) is 0 Å². The van der Waals surface area contributed by atoms with E-state index < -0.39 is 5.24 Å². The van der Waals surface area contributed by atoms with Crippen molar-refractivity contribution in [2.24, 2.45) is 0 Å². The van der Waals surface area contributed by atoms with E-state index in [0.717, 1.165) is 12.8 Å². The highest BCUT2D eigenvalue weighted by molar-refractivity contribution is 6.67. The summed E-state index contributed by atoms with van der Waals surface area (Å²) in [7, 11) is 0. The molecule has 0 unspecified atom stereocenters. The third-order valence-electron chi connectivity index (χ3n) is 5.49. The van der Waals surface area contributed by atoms with Crippen molar-refractivity contribution in [1.82, 2.24) is 0 Å². The van der Waals surface area contributed by atoms with Crippen LogP contribution in [-0.2, 0) is 10.8 Å². The molecule has 0 spiro atoms. The maximum atomic E-state index is 12.9. The number of benzene rings is 2. The summed E-state index contributed by atoms with van der Waals surface area (Å²) in [5, 5.41) is -0.517. The maximum Gasteiger partial charge on any atom is 0.252 e. The van der Waals surface area contributed by atoms with E-state index in [9.17, 15) is 9.59 Å². The van der Waals surface area contributed by atoms with Crippen LogP contribution in [0.3, 0.4) is 0 Å². The van der Waals surface area contributed by atoms with Gasteiger partial charge in [-0.05, 0) is 64.6 Å². The second-order valence-electron chi connectivity index (χ2n) is 8.21. The van der Waals surface area contributed by atoms with Crippen LogP contribution < -0.4 is 0 Å². The van der Waals surface area contributed by atoms with Gasteiger partial charge in [0.1, 0.15) is 0 Å². The first kappa shape index (κ1) is 17.9. The molecule has 1 aliphatic carbocycles. The van der Waals surface area contributed by atoms with E-state index in [0.29, 0.717) is 16.7 Å². The Kier molecular flexibility index (Phi) is 4.36. The summed E-state index contributed by atoms with van der Waals surface area (Å²) in [5.74, 6) is -0.0319. The van der Waals surface area contributed by atoms with Crippen LogP contribution in [0, 0.1) is 0 Å². The molecular weight excluding hydrogens is 332 g/mol. The van der Waals surface area contributed by atoms with Crippen LogP contribution in [-0.4, -0.2) is 11.0 Å². The largest absolute Gasteiger partial charge is 0.289 e. The first-order valence-electron chi connectivity index (χ1n) is 8.61. The Morgan fingerprint density at radius 3 is 1.80 bits per heavy atom. The zero-order valence-corrected chi connectivity index (χ0v) is 15.9. The predicted molar refractivity (Wildman–Crippen MR) is 102 cm³/mol. The van der Waals surface area contributed by atoms with Crippen LogP contribution in [0.1, 0.15) is 77.9 Å². The fourth-order valence-electron chi connectivity index (χ4n) is 3.65. The third kappa shape index (κ3) is 3.28. The normalized spacial score (nSPS) is 17.6. The molecule has 3 rings (SSSR count). The first-order chi connectivity index (χ1) is 11.6. The highest BCUT2D eigenvalue weighted by Gasteiger charge is 2.37. The molecule has 2 aromatic carbocycles. The van der Waals surface area contributed by atoms with Crippen LogP contribution in [0.5, 0.6) is 0 Å². The average molecular weight is 355 g/mol. The summed E-state index contributed by atoms with van der Waals surface area (Å²) in [6, 6.07) is 12.6. The highest BCUT2D eigenvalue weighted by atomic mass is 35.5. The summed E-state index contributed by atoms with van der Waals surface area (Å²) in [4.78, 5) is 24.0. The van der Waals surface area contributed by atoms with Crippen LogP contribution in [0.15, 0.2) is 42.5 Å². The van der Waals surface area contributed by atoms with Crippen LogP contribution >= 0.6 is 11.6 Å². The van der Waals surface area contributed by atoms with Gasteiger partial charge < -0.3 is 0 Å². The summed E-state index contributed by atoms with van der Waals surface area (Å²) < 4.78 is 0. The number of fused-ring (bicyclic) bond motifs is 1. The minimum absolute atomic E-state index is 0.0319. The molecule has 130 valence electrons. The molecule has 0 aromatic heterocycles. The Labute approximate surface area is 154 Å². The minimum atomic E-state index is -0.517. The van der Waals surface area contributed by atoms with Crippen molar-refractivity contribution in [2.45, 2.75) is 51.4 Å². The van der Waals surface area contributed by atoms with Gasteiger partial charge in [-0.1, -0.05) is 52.0 Å². The summed E-state index contributed by atoms with van der Waals surface area (Å²) >= 11 is 5.47. The van der Waals surface area contributed by atoms with Crippen molar-refractivity contribution in [3.8, 4) is 0 Å². The molecule has 0 heterocycles. The zero-order chi connectivity index (χ0) is 18.4. The van der Waals surface area contributed by atoms with Gasteiger partial charge in [-0.15, -0.1) is 0 Å². The van der Waals surface area contributed by atoms with Crippen molar-refractivity contribution in [3.05, 3.63) is 70.3 Å². The van der Waals surface area contributed by atoms with Gasteiger partial charge in [-0.25, -0.2) is 0 Å². The molecule has 0 atom stereocenters. The number of rotatable bonds is 3. The lowest BCUT2D eigenvalue weighted by Crippen LogP contribution is -2.34. The Hall–Kier alpha value is -1.93. The summed E-state index contributed by atoms with van der Waals surface area (Å²) in [6.45, 7) is 9.03. The molecule has 3 heteroatoms. The smallest absolute Gasteiger partial charge is 0.252 e. The number of halogens is 1. The van der Waals surface area contributed by atoms with E-state index in [1.807, 2.05) is 6.07 Å². The SMILES string of the molecule is CC1(C)CCC(C)(C)c2cc(C(=O)c3ccc(C(=O)Cl)cc3)ccc21. The van der Waals surface area contributed by atoms with Crippen molar-refractivity contribution >= 4 is 22.6 Å². The molecule has 0 N–H and O–H groups in total. The lowest BCUT2D eigenvalue weighted by Gasteiger charge is -2.42. The van der Waals surface area contributed by atoms with E-state index >= 15 is 0 Å². The number of carbonyl (C=O) groups excluding carboxylic acids is 2. The Balaban J connectivity index is 2.01. The van der Waals surface area contributed by atoms with Gasteiger partial charge >= 0.3 is 0 Å². The predicted octanol–water partition coefficient (Wildman–Crippen LogP) is 5.65. The third-order valence-corrected chi connectivity index (χ3v) is 5.71. The molecule has 25 heavy (non-hydrogen) atoms. The molecule has 1 aliphatic rings. The molecular formula is C22H23ClO2. The standard InChI is InChI=1S/C22H23ClO2/c1-21(2)11-12-22(3,4)18-13-16(9-10-17(18)21)19(24)14-5-7-15(8-6-14)20(23)25/h5-10,13H,11-12H2,1-4H3. The van der Waals surface area contributed by atoms with Gasteiger partial charge in [0.2, 0.25) is 0 Å². The fraction of sp³-hybridized carbons (Fsp3) is 0.364. The molecule has 2 nitrogen and oxygen atoms in total. The van der Waals surface area contributed by atoms with Gasteiger partial charge in [0.15, 0.2) is 5.78 Å². The molecule has 0 aliphatic heterocycles. The van der Waals surface area contributed by atoms with Crippen LogP contribution in [0.4, 0.5) is 0 Å². The van der Waals surface area contributed by atoms with Gasteiger partial charge in [-0.3, -0.25) is 9.59 Å². The first-order valence-corrected chi connectivity index (χ1v) is 8.99. The van der Waals surface area contributed by atoms with E-state index in [4.69, 9.17) is 11.6 Å². The van der Waals surface area contributed by atoms with E-state index in [-0.39, 0.29) is 16.6 Å². The molecule has 0 saturated heterocycles. The molecule has 0 fully saturated rings. The average Bonchev–Trinajstić information content (AvgIpc) is 2.58. The molecule has 0 bridgehead atoms. The molecule has 0 radical (unpaired) electrons. The highest BCUT2D eigenvalue weighted by Crippen LogP contribution is 2.46. The maximum absolute atomic E-state index is 12.9. The Morgan fingerprint density at radius 1 is 0.760 bits per heavy atom. The number of ketones is 1. The second kappa shape index (κ2) is 6.10. The van der Waals surface area contributed by atoms with E-state index in [1.54, 1.807) is 24.3 Å². The Bertz CT molecular complexity index is 845. The lowest BCUT2D eigenvalue weighted by atomic mass is 9.63.